The summed E-state index contributed by atoms with van der Waals surface area (Å²) in [6, 6.07) is 27.7. The van der Waals surface area contributed by atoms with E-state index in [2.05, 4.69) is 0 Å². The lowest BCUT2D eigenvalue weighted by Crippen LogP contribution is -2.49. The lowest BCUT2D eigenvalue weighted by atomic mass is 9.80. The summed E-state index contributed by atoms with van der Waals surface area (Å²) in [5, 5.41) is 8.39. The molecule has 4 aromatic rings. The van der Waals surface area contributed by atoms with E-state index in [-0.39, 0.29) is 0 Å². The summed E-state index contributed by atoms with van der Waals surface area (Å²) in [4.78, 5) is 14.4. The van der Waals surface area contributed by atoms with Crippen molar-refractivity contribution in [3.63, 3.8) is 0 Å². The van der Waals surface area contributed by atoms with Crippen LogP contribution in [0.4, 0.5) is 0 Å². The zero-order valence-electron chi connectivity index (χ0n) is 19.4. The molecule has 0 aliphatic carbocycles. The molecule has 0 bridgehead atoms. The minimum absolute atomic E-state index is 0.570. The highest BCUT2D eigenvalue weighted by Gasteiger charge is 2.40. The molecule has 6 heteroatoms. The van der Waals surface area contributed by atoms with Crippen LogP contribution in [0.5, 0.6) is 0 Å². The highest BCUT2D eigenvalue weighted by Crippen LogP contribution is 2.26. The molecule has 0 aliphatic heterocycles. The van der Waals surface area contributed by atoms with Crippen molar-refractivity contribution in [1.29, 1.82) is 0 Å². The molecule has 3 aromatic carbocycles. The average molecular weight is 437 g/mol. The summed E-state index contributed by atoms with van der Waals surface area (Å²) in [5.41, 5.74) is 2.09. The number of nitrogens with zero attached hydrogens (tertiary/aromatic N) is 3. The van der Waals surface area contributed by atoms with Crippen molar-refractivity contribution in [2.24, 2.45) is 0 Å². The van der Waals surface area contributed by atoms with Gasteiger partial charge in [0.25, 0.3) is 0 Å². The van der Waals surface area contributed by atoms with Gasteiger partial charge >= 0.3 is 7.48 Å². The van der Waals surface area contributed by atoms with Gasteiger partial charge in [-0.25, -0.2) is 15.0 Å². The molecule has 0 fully saturated rings. The van der Waals surface area contributed by atoms with Crippen LogP contribution in [-0.4, -0.2) is 38.7 Å². The molecule has 1 heterocycles. The smallest absolute Gasteiger partial charge is 0.331 e. The Kier molecular flexibility index (Phi) is 6.41. The summed E-state index contributed by atoms with van der Waals surface area (Å²) < 4.78 is 6.09. The van der Waals surface area contributed by atoms with Gasteiger partial charge in [0.05, 0.1) is 0 Å². The minimum atomic E-state index is -0.771. The Morgan fingerprint density at radius 1 is 0.636 bits per heavy atom. The van der Waals surface area contributed by atoms with E-state index < -0.39 is 11.2 Å². The highest BCUT2D eigenvalue weighted by molar-refractivity contribution is 6.49. The Bertz CT molecular complexity index is 1170. The molecule has 0 atom stereocenters. The Hall–Kier alpha value is -3.35. The first kappa shape index (κ1) is 22.8. The van der Waals surface area contributed by atoms with Crippen LogP contribution < -0.4 is 5.46 Å². The van der Waals surface area contributed by atoms with Gasteiger partial charge in [-0.05, 0) is 19.3 Å². The van der Waals surface area contributed by atoms with Gasteiger partial charge < -0.3 is 9.76 Å². The second-order valence-corrected chi connectivity index (χ2v) is 9.00. The van der Waals surface area contributed by atoms with E-state index in [4.69, 9.17) is 24.7 Å². The Morgan fingerprint density at radius 2 is 1.09 bits per heavy atom. The molecule has 0 amide bonds. The van der Waals surface area contributed by atoms with Crippen molar-refractivity contribution in [1.82, 2.24) is 15.0 Å². The zero-order chi connectivity index (χ0) is 23.5. The van der Waals surface area contributed by atoms with Crippen LogP contribution in [0, 0.1) is 0 Å². The van der Waals surface area contributed by atoms with Gasteiger partial charge in [0.1, 0.15) is 5.60 Å². The third-order valence-electron chi connectivity index (χ3n) is 5.89. The Morgan fingerprint density at radius 3 is 1.61 bits per heavy atom. The quantitative estimate of drug-likeness (QED) is 0.317. The largest absolute Gasteiger partial charge is 0.439 e. The van der Waals surface area contributed by atoms with E-state index in [1.165, 1.54) is 0 Å². The normalized spacial score (nSPS) is 11.9. The third kappa shape index (κ3) is 5.19. The monoisotopic (exact) mass is 437 g/mol. The van der Waals surface area contributed by atoms with Crippen molar-refractivity contribution in [2.75, 3.05) is 0 Å². The van der Waals surface area contributed by atoms with Crippen LogP contribution >= 0.6 is 0 Å². The fourth-order valence-electron chi connectivity index (χ4n) is 3.09. The van der Waals surface area contributed by atoms with Gasteiger partial charge in [0.2, 0.25) is 0 Å². The average Bonchev–Trinajstić information content (AvgIpc) is 2.83. The van der Waals surface area contributed by atoms with Crippen LogP contribution in [0.25, 0.3) is 34.2 Å². The molecule has 0 saturated carbocycles. The molecule has 0 spiro atoms. The molecule has 0 aliphatic rings. The van der Waals surface area contributed by atoms with E-state index in [0.29, 0.717) is 17.5 Å². The SMILES string of the molecule is CC(C)([OH2+])C(C)(C)O[B]c1ccccc1-c1nc(-c2ccccc2)nc(-c2ccccc2)n1. The molecular formula is C27H28BN3O2+. The maximum atomic E-state index is 8.39. The van der Waals surface area contributed by atoms with Crippen LogP contribution in [0.1, 0.15) is 27.7 Å². The second kappa shape index (κ2) is 9.26. The van der Waals surface area contributed by atoms with Gasteiger partial charge in [-0.3, -0.25) is 0 Å². The fraction of sp³-hybridized carbons (Fsp3) is 0.222. The molecule has 165 valence electrons. The van der Waals surface area contributed by atoms with Crippen molar-refractivity contribution in [3.05, 3.63) is 84.9 Å². The van der Waals surface area contributed by atoms with E-state index in [1.807, 2.05) is 113 Å². The Balaban J connectivity index is 1.79. The Labute approximate surface area is 195 Å². The standard InChI is InChI=1S/C27H27BN3O2/c1-26(2,32)27(3,4)33-28-22-18-12-11-17-21(22)25-30-23(19-13-7-5-8-14-19)29-24(31-25)20-15-9-6-10-16-20/h5-18,32H,1-4H3/p+1. The molecule has 5 nitrogen and oxygen atoms in total. The fourth-order valence-corrected chi connectivity index (χ4v) is 3.09. The van der Waals surface area contributed by atoms with Crippen LogP contribution in [-0.2, 0) is 4.65 Å². The van der Waals surface area contributed by atoms with Crippen LogP contribution in [0.3, 0.4) is 0 Å². The second-order valence-electron chi connectivity index (χ2n) is 9.00. The maximum absolute atomic E-state index is 8.39. The third-order valence-corrected chi connectivity index (χ3v) is 5.89. The molecule has 0 saturated heterocycles. The maximum Gasteiger partial charge on any atom is 0.331 e. The van der Waals surface area contributed by atoms with Crippen molar-refractivity contribution >= 4 is 12.9 Å². The molecule has 4 rings (SSSR count). The molecule has 2 N–H and O–H groups in total. The first-order valence-corrected chi connectivity index (χ1v) is 11.0. The van der Waals surface area contributed by atoms with Crippen LogP contribution in [0.2, 0.25) is 0 Å². The molecule has 1 radical (unpaired) electrons. The van der Waals surface area contributed by atoms with Gasteiger partial charge in [-0.15, -0.1) is 0 Å². The summed E-state index contributed by atoms with van der Waals surface area (Å²) >= 11 is 0. The molecule has 33 heavy (non-hydrogen) atoms. The molecular weight excluding hydrogens is 409 g/mol. The van der Waals surface area contributed by atoms with Crippen molar-refractivity contribution in [2.45, 2.75) is 38.9 Å². The first-order valence-electron chi connectivity index (χ1n) is 11.0. The minimum Gasteiger partial charge on any atom is -0.439 e. The summed E-state index contributed by atoms with van der Waals surface area (Å²) in [6.45, 7) is 7.53. The number of hydrogen-bond donors (Lipinski definition) is 0. The van der Waals surface area contributed by atoms with E-state index >= 15 is 0 Å². The van der Waals surface area contributed by atoms with Gasteiger partial charge in [0.15, 0.2) is 23.1 Å². The lowest BCUT2D eigenvalue weighted by Gasteiger charge is -2.33. The van der Waals surface area contributed by atoms with E-state index in [1.54, 1.807) is 7.48 Å². The summed E-state index contributed by atoms with van der Waals surface area (Å²) in [5.74, 6) is 1.80. The topological polar surface area (TPSA) is 70.8 Å². The summed E-state index contributed by atoms with van der Waals surface area (Å²) in [6.07, 6.45) is 0. The summed E-state index contributed by atoms with van der Waals surface area (Å²) in [7, 11) is 1.71. The van der Waals surface area contributed by atoms with Gasteiger partial charge in [-0.2, -0.15) is 0 Å². The molecule has 1 aromatic heterocycles. The number of hydrogen-bond acceptors (Lipinski definition) is 4. The van der Waals surface area contributed by atoms with Crippen molar-refractivity contribution < 1.29 is 9.76 Å². The van der Waals surface area contributed by atoms with Gasteiger partial charge in [0, 0.05) is 30.5 Å². The first-order chi connectivity index (χ1) is 15.7. The van der Waals surface area contributed by atoms with Crippen LogP contribution in [0.15, 0.2) is 84.9 Å². The number of aromatic nitrogens is 3. The van der Waals surface area contributed by atoms with Crippen molar-refractivity contribution in [3.8, 4) is 34.2 Å². The van der Waals surface area contributed by atoms with E-state index in [9.17, 15) is 0 Å². The number of rotatable bonds is 7. The highest BCUT2D eigenvalue weighted by atomic mass is 16.5. The molecule has 0 unspecified atom stereocenters. The van der Waals surface area contributed by atoms with E-state index in [0.717, 1.165) is 22.2 Å². The lowest BCUT2D eigenvalue weighted by molar-refractivity contribution is -0.0893. The predicted molar refractivity (Wildman–Crippen MR) is 134 cm³/mol. The predicted octanol–water partition coefficient (Wildman–Crippen LogP) is 4.42. The van der Waals surface area contributed by atoms with Gasteiger partial charge in [-0.1, -0.05) is 84.9 Å². The zero-order valence-corrected chi connectivity index (χ0v) is 19.4. The number of benzene rings is 3.